The van der Waals surface area contributed by atoms with Gasteiger partial charge in [0, 0.05) is 33.4 Å². The Hall–Kier alpha value is -1.93. The van der Waals surface area contributed by atoms with Gasteiger partial charge in [0.25, 0.3) is 0 Å². The molecule has 0 spiro atoms. The van der Waals surface area contributed by atoms with E-state index in [-0.39, 0.29) is 20.1 Å². The van der Waals surface area contributed by atoms with Gasteiger partial charge in [0.1, 0.15) is 0 Å². The molecule has 0 saturated heterocycles. The molecule has 0 bridgehead atoms. The minimum absolute atomic E-state index is 0. The van der Waals surface area contributed by atoms with E-state index in [9.17, 15) is 0 Å². The second kappa shape index (κ2) is 10.7. The van der Waals surface area contributed by atoms with Crippen LogP contribution in [0.4, 0.5) is 0 Å². The van der Waals surface area contributed by atoms with Crippen molar-refractivity contribution in [3.63, 3.8) is 0 Å². The molecule has 115 valence electrons. The molecular formula is C19H17IrNO-2. The fourth-order valence-corrected chi connectivity index (χ4v) is 1.74. The fraction of sp³-hybridized carbons (Fsp3) is 0.0526. The van der Waals surface area contributed by atoms with Crippen LogP contribution in [-0.4, -0.2) is 12.1 Å². The molecule has 0 saturated carbocycles. The Morgan fingerprint density at radius 3 is 2.23 bits per heavy atom. The zero-order valence-electron chi connectivity index (χ0n) is 12.3. The van der Waals surface area contributed by atoms with Crippen LogP contribution >= 0.6 is 0 Å². The second-order valence-corrected chi connectivity index (χ2v) is 4.26. The van der Waals surface area contributed by atoms with Crippen molar-refractivity contribution in [1.29, 1.82) is 0 Å². The quantitative estimate of drug-likeness (QED) is 0.533. The molecule has 0 atom stereocenters. The number of benzene rings is 2. The van der Waals surface area contributed by atoms with Crippen molar-refractivity contribution in [2.24, 2.45) is 0 Å². The number of rotatable bonds is 3. The van der Waals surface area contributed by atoms with Crippen molar-refractivity contribution in [2.75, 3.05) is 7.11 Å². The van der Waals surface area contributed by atoms with Crippen LogP contribution in [0.15, 0.2) is 79.0 Å². The third-order valence-electron chi connectivity index (χ3n) is 2.70. The molecule has 0 fully saturated rings. The molecule has 3 aromatic rings. The van der Waals surface area contributed by atoms with Gasteiger partial charge in [0.2, 0.25) is 0 Å². The van der Waals surface area contributed by atoms with Crippen molar-refractivity contribution < 1.29 is 24.8 Å². The monoisotopic (exact) mass is 468 g/mol. The van der Waals surface area contributed by atoms with Crippen molar-refractivity contribution >= 4 is 0 Å². The molecule has 1 aromatic heterocycles. The number of ether oxygens (including phenoxy) is 1. The fourth-order valence-electron chi connectivity index (χ4n) is 1.74. The minimum atomic E-state index is 0. The van der Waals surface area contributed by atoms with Crippen LogP contribution in [0.25, 0.3) is 11.3 Å². The van der Waals surface area contributed by atoms with E-state index in [1.165, 1.54) is 0 Å². The average Bonchev–Trinajstić information content (AvgIpc) is 2.58. The number of aromatic nitrogens is 1. The number of methoxy groups -OCH3 is 1. The minimum Gasteiger partial charge on any atom is -0.417 e. The van der Waals surface area contributed by atoms with Crippen LogP contribution in [0, 0.1) is 12.7 Å². The summed E-state index contributed by atoms with van der Waals surface area (Å²) < 4.78 is 4.80. The third-order valence-corrected chi connectivity index (χ3v) is 2.70. The van der Waals surface area contributed by atoms with Crippen molar-refractivity contribution in [2.45, 2.75) is 0 Å². The number of pyridine rings is 1. The molecule has 3 heteroatoms. The first kappa shape index (κ1) is 18.1. The van der Waals surface area contributed by atoms with Gasteiger partial charge in [-0.05, 0) is 11.8 Å². The maximum Gasteiger partial charge on any atom is 0.0259 e. The molecule has 0 aliphatic heterocycles. The molecule has 1 radical (unpaired) electrons. The van der Waals surface area contributed by atoms with Crippen LogP contribution in [0.2, 0.25) is 0 Å². The number of hydrogen-bond donors (Lipinski definition) is 0. The zero-order chi connectivity index (χ0) is 14.8. The van der Waals surface area contributed by atoms with E-state index in [4.69, 9.17) is 4.74 Å². The predicted octanol–water partition coefficient (Wildman–Crippen LogP) is 4.39. The van der Waals surface area contributed by atoms with Gasteiger partial charge < -0.3 is 9.72 Å². The van der Waals surface area contributed by atoms with Crippen LogP contribution in [-0.2, 0) is 24.8 Å². The molecule has 3 rings (SSSR count). The molecule has 2 aromatic carbocycles. The molecule has 22 heavy (non-hydrogen) atoms. The van der Waals surface area contributed by atoms with E-state index in [1.54, 1.807) is 19.9 Å². The van der Waals surface area contributed by atoms with Gasteiger partial charge in [-0.3, -0.25) is 0 Å². The van der Waals surface area contributed by atoms with Gasteiger partial charge in [0.15, 0.2) is 0 Å². The van der Waals surface area contributed by atoms with E-state index < -0.39 is 0 Å². The van der Waals surface area contributed by atoms with E-state index in [2.05, 4.69) is 11.1 Å². The largest absolute Gasteiger partial charge is 0.417 e. The van der Waals surface area contributed by atoms with Crippen LogP contribution in [0.3, 0.4) is 0 Å². The second-order valence-electron chi connectivity index (χ2n) is 4.26. The van der Waals surface area contributed by atoms with Crippen LogP contribution < -0.4 is 0 Å². The SMILES string of the molecule is CO[CH-]c1ccccc1.[Ir].[c-]1ccccc1-c1ccccn1. The van der Waals surface area contributed by atoms with Crippen LogP contribution in [0.5, 0.6) is 0 Å². The molecule has 0 unspecified atom stereocenters. The summed E-state index contributed by atoms with van der Waals surface area (Å²) in [5.41, 5.74) is 3.11. The van der Waals surface area contributed by atoms with Gasteiger partial charge in [-0.1, -0.05) is 24.8 Å². The van der Waals surface area contributed by atoms with Gasteiger partial charge >= 0.3 is 0 Å². The topological polar surface area (TPSA) is 22.1 Å². The first-order valence-electron chi connectivity index (χ1n) is 6.69. The van der Waals surface area contributed by atoms with Crippen molar-refractivity contribution in [3.05, 3.63) is 97.2 Å². The third kappa shape index (κ3) is 6.23. The maximum atomic E-state index is 4.80. The summed E-state index contributed by atoms with van der Waals surface area (Å²) in [5, 5.41) is 0. The van der Waals surface area contributed by atoms with E-state index >= 15 is 0 Å². The summed E-state index contributed by atoms with van der Waals surface area (Å²) in [5.74, 6) is 0. The van der Waals surface area contributed by atoms with E-state index in [0.717, 1.165) is 16.8 Å². The van der Waals surface area contributed by atoms with E-state index in [0.29, 0.717) is 0 Å². The normalized spacial score (nSPS) is 8.95. The molecule has 2 nitrogen and oxygen atoms in total. The molecule has 1 heterocycles. The molecule has 0 N–H and O–H groups in total. The molecule has 0 aliphatic rings. The number of hydrogen-bond acceptors (Lipinski definition) is 2. The molecule has 0 aliphatic carbocycles. The Morgan fingerprint density at radius 2 is 1.64 bits per heavy atom. The maximum absolute atomic E-state index is 4.80. The summed E-state index contributed by atoms with van der Waals surface area (Å²) in [6, 6.07) is 26.7. The first-order chi connectivity index (χ1) is 10.4. The standard InChI is InChI=1S/C11H8N.C8H9O.Ir/c1-2-6-10(7-3-1)11-8-4-5-9-12-11;1-9-7-8-5-3-2-4-6-8;/h1-6,8-9H;2-7H,1H3;/q2*-1;. The van der Waals surface area contributed by atoms with E-state index in [1.807, 2.05) is 72.8 Å². The Bertz CT molecular complexity index is 577. The Morgan fingerprint density at radius 1 is 0.909 bits per heavy atom. The Kier molecular flexibility index (Phi) is 8.85. The summed E-state index contributed by atoms with van der Waals surface area (Å²) in [6.45, 7) is 1.71. The average molecular weight is 468 g/mol. The van der Waals surface area contributed by atoms with Gasteiger partial charge in [-0.2, -0.15) is 17.7 Å². The number of nitrogens with zero attached hydrogens (tertiary/aromatic N) is 1. The Labute approximate surface area is 145 Å². The molecule has 0 amide bonds. The zero-order valence-corrected chi connectivity index (χ0v) is 14.7. The predicted molar refractivity (Wildman–Crippen MR) is 85.4 cm³/mol. The summed E-state index contributed by atoms with van der Waals surface area (Å²) in [4.78, 5) is 4.22. The van der Waals surface area contributed by atoms with Crippen molar-refractivity contribution in [3.8, 4) is 11.3 Å². The summed E-state index contributed by atoms with van der Waals surface area (Å²) in [6.07, 6.45) is 1.79. The smallest absolute Gasteiger partial charge is 0.0259 e. The van der Waals surface area contributed by atoms with Crippen LogP contribution in [0.1, 0.15) is 5.56 Å². The first-order valence-corrected chi connectivity index (χ1v) is 6.69. The van der Waals surface area contributed by atoms with Gasteiger partial charge in [0.05, 0.1) is 0 Å². The molecular weight excluding hydrogens is 450 g/mol. The van der Waals surface area contributed by atoms with Gasteiger partial charge in [-0.15, -0.1) is 48.0 Å². The Balaban J connectivity index is 0.000000219. The van der Waals surface area contributed by atoms with Gasteiger partial charge in [-0.25, -0.2) is 0 Å². The van der Waals surface area contributed by atoms with Crippen molar-refractivity contribution in [1.82, 2.24) is 4.98 Å². The summed E-state index contributed by atoms with van der Waals surface area (Å²) in [7, 11) is 1.65. The summed E-state index contributed by atoms with van der Waals surface area (Å²) >= 11 is 0.